The molecule has 0 aliphatic rings. The average molecular weight is 274 g/mol. The highest BCUT2D eigenvalue weighted by Gasteiger charge is 2.16. The molecule has 2 aromatic rings. The predicted molar refractivity (Wildman–Crippen MR) is 71.5 cm³/mol. The molecule has 0 aliphatic carbocycles. The molecule has 0 bridgehead atoms. The summed E-state index contributed by atoms with van der Waals surface area (Å²) >= 11 is 0. The number of nitrogens with one attached hydrogen (secondary N) is 1. The predicted octanol–water partition coefficient (Wildman–Crippen LogP) is 1.48. The van der Waals surface area contributed by atoms with Gasteiger partial charge in [0.25, 0.3) is 0 Å². The van der Waals surface area contributed by atoms with Crippen LogP contribution in [-0.2, 0) is 4.79 Å². The third-order valence-corrected chi connectivity index (χ3v) is 2.94. The fourth-order valence-corrected chi connectivity index (χ4v) is 1.77. The van der Waals surface area contributed by atoms with Gasteiger partial charge in [0.15, 0.2) is 0 Å². The molecule has 2 N–H and O–H groups in total. The van der Waals surface area contributed by atoms with Crippen molar-refractivity contribution in [3.05, 3.63) is 42.0 Å². The number of aromatic carboxylic acids is 1. The largest absolute Gasteiger partial charge is 0.478 e. The van der Waals surface area contributed by atoms with Crippen molar-refractivity contribution in [1.82, 2.24) is 14.8 Å². The van der Waals surface area contributed by atoms with E-state index in [1.165, 1.54) is 23.4 Å². The summed E-state index contributed by atoms with van der Waals surface area (Å²) < 4.78 is 1.44. The van der Waals surface area contributed by atoms with Gasteiger partial charge in [-0.05, 0) is 37.6 Å². The zero-order valence-corrected chi connectivity index (χ0v) is 11.1. The summed E-state index contributed by atoms with van der Waals surface area (Å²) in [4.78, 5) is 26.7. The number of anilines is 1. The molecule has 0 spiro atoms. The van der Waals surface area contributed by atoms with Crippen molar-refractivity contribution in [1.29, 1.82) is 0 Å². The number of amides is 1. The van der Waals surface area contributed by atoms with Crippen molar-refractivity contribution in [2.75, 3.05) is 5.32 Å². The topological polar surface area (TPSA) is 97.1 Å². The van der Waals surface area contributed by atoms with E-state index in [0.717, 1.165) is 0 Å². The first-order chi connectivity index (χ1) is 9.49. The van der Waals surface area contributed by atoms with Gasteiger partial charge in [-0.25, -0.2) is 14.5 Å². The molecule has 1 aromatic heterocycles. The van der Waals surface area contributed by atoms with E-state index in [-0.39, 0.29) is 11.5 Å². The lowest BCUT2D eigenvalue weighted by Gasteiger charge is -2.13. The van der Waals surface area contributed by atoms with Gasteiger partial charge in [0.1, 0.15) is 18.7 Å². The summed E-state index contributed by atoms with van der Waals surface area (Å²) in [6.07, 6.45) is 2.82. The van der Waals surface area contributed by atoms with E-state index in [4.69, 9.17) is 5.11 Å². The summed E-state index contributed by atoms with van der Waals surface area (Å²) in [6, 6.07) is 4.14. The second-order valence-corrected chi connectivity index (χ2v) is 4.38. The van der Waals surface area contributed by atoms with Crippen LogP contribution in [0.3, 0.4) is 0 Å². The van der Waals surface area contributed by atoms with Crippen molar-refractivity contribution in [3.8, 4) is 0 Å². The number of carboxylic acid groups (broad SMARTS) is 1. The van der Waals surface area contributed by atoms with Crippen molar-refractivity contribution in [2.45, 2.75) is 19.9 Å². The van der Waals surface area contributed by atoms with Crippen LogP contribution >= 0.6 is 0 Å². The zero-order valence-electron chi connectivity index (χ0n) is 11.1. The lowest BCUT2D eigenvalue weighted by atomic mass is 10.1. The monoisotopic (exact) mass is 274 g/mol. The van der Waals surface area contributed by atoms with Gasteiger partial charge in [-0.3, -0.25) is 4.79 Å². The fraction of sp³-hybridized carbons (Fsp3) is 0.231. The fourth-order valence-electron chi connectivity index (χ4n) is 1.77. The molecule has 20 heavy (non-hydrogen) atoms. The molecular formula is C13H14N4O3. The Hall–Kier alpha value is -2.70. The molecule has 1 heterocycles. The molecule has 1 amide bonds. The van der Waals surface area contributed by atoms with E-state index < -0.39 is 12.0 Å². The zero-order chi connectivity index (χ0) is 14.7. The van der Waals surface area contributed by atoms with Crippen LogP contribution in [0, 0.1) is 6.92 Å². The molecule has 0 radical (unpaired) electrons. The number of aryl methyl sites for hydroxylation is 1. The van der Waals surface area contributed by atoms with E-state index in [9.17, 15) is 9.59 Å². The smallest absolute Gasteiger partial charge is 0.335 e. The molecule has 2 rings (SSSR count). The number of hydrogen-bond acceptors (Lipinski definition) is 4. The third-order valence-electron chi connectivity index (χ3n) is 2.94. The summed E-state index contributed by atoms with van der Waals surface area (Å²) in [5, 5.41) is 15.6. The van der Waals surface area contributed by atoms with Crippen LogP contribution in [0.5, 0.6) is 0 Å². The van der Waals surface area contributed by atoms with Gasteiger partial charge in [-0.1, -0.05) is 0 Å². The SMILES string of the molecule is Cc1cc(NC(=O)C(C)n2cncn2)ccc1C(=O)O. The lowest BCUT2D eigenvalue weighted by molar-refractivity contribution is -0.119. The summed E-state index contributed by atoms with van der Waals surface area (Å²) in [5.74, 6) is -1.24. The Kier molecular flexibility index (Phi) is 3.79. The molecule has 7 nitrogen and oxygen atoms in total. The minimum atomic E-state index is -0.989. The molecule has 1 atom stereocenters. The van der Waals surface area contributed by atoms with Crippen molar-refractivity contribution < 1.29 is 14.7 Å². The highest BCUT2D eigenvalue weighted by atomic mass is 16.4. The van der Waals surface area contributed by atoms with Crippen LogP contribution in [0.1, 0.15) is 28.9 Å². The lowest BCUT2D eigenvalue weighted by Crippen LogP contribution is -2.24. The summed E-state index contributed by atoms with van der Waals surface area (Å²) in [7, 11) is 0. The number of nitrogens with zero attached hydrogens (tertiary/aromatic N) is 3. The Morgan fingerprint density at radius 3 is 2.70 bits per heavy atom. The van der Waals surface area contributed by atoms with Crippen molar-refractivity contribution in [3.63, 3.8) is 0 Å². The maximum Gasteiger partial charge on any atom is 0.335 e. The number of carbonyl (C=O) groups is 2. The quantitative estimate of drug-likeness (QED) is 0.880. The van der Waals surface area contributed by atoms with Crippen LogP contribution in [0.25, 0.3) is 0 Å². The normalized spacial score (nSPS) is 11.9. The maximum atomic E-state index is 12.0. The molecular weight excluding hydrogens is 260 g/mol. The van der Waals surface area contributed by atoms with Crippen LogP contribution in [-0.4, -0.2) is 31.7 Å². The van der Waals surface area contributed by atoms with Gasteiger partial charge in [-0.15, -0.1) is 0 Å². The Balaban J connectivity index is 2.12. The van der Waals surface area contributed by atoms with Crippen LogP contribution in [0.2, 0.25) is 0 Å². The van der Waals surface area contributed by atoms with E-state index in [2.05, 4.69) is 15.4 Å². The molecule has 0 fully saturated rings. The van der Waals surface area contributed by atoms with Crippen LogP contribution < -0.4 is 5.32 Å². The van der Waals surface area contributed by atoms with E-state index in [0.29, 0.717) is 11.3 Å². The van der Waals surface area contributed by atoms with Gasteiger partial charge in [0.2, 0.25) is 5.91 Å². The molecule has 0 saturated heterocycles. The highest BCUT2D eigenvalue weighted by Crippen LogP contribution is 2.16. The first-order valence-corrected chi connectivity index (χ1v) is 5.98. The number of hydrogen-bond donors (Lipinski definition) is 2. The number of aromatic nitrogens is 3. The van der Waals surface area contributed by atoms with E-state index in [1.807, 2.05) is 0 Å². The molecule has 0 saturated carbocycles. The van der Waals surface area contributed by atoms with Crippen molar-refractivity contribution in [2.24, 2.45) is 0 Å². The molecule has 7 heteroatoms. The van der Waals surface area contributed by atoms with Crippen LogP contribution in [0.4, 0.5) is 5.69 Å². The second-order valence-electron chi connectivity index (χ2n) is 4.38. The highest BCUT2D eigenvalue weighted by molar-refractivity contribution is 5.95. The minimum absolute atomic E-state index is 0.215. The Bertz CT molecular complexity index is 637. The summed E-state index contributed by atoms with van der Waals surface area (Å²) in [6.45, 7) is 3.38. The molecule has 1 aromatic carbocycles. The van der Waals surface area contributed by atoms with Gasteiger partial charge >= 0.3 is 5.97 Å². The maximum absolute atomic E-state index is 12.0. The number of carbonyl (C=O) groups excluding carboxylic acids is 1. The van der Waals surface area contributed by atoms with E-state index >= 15 is 0 Å². The number of benzene rings is 1. The van der Waals surface area contributed by atoms with Gasteiger partial charge in [-0.2, -0.15) is 5.10 Å². The average Bonchev–Trinajstić information content (AvgIpc) is 2.91. The van der Waals surface area contributed by atoms with Gasteiger partial charge in [0.05, 0.1) is 5.56 Å². The first-order valence-electron chi connectivity index (χ1n) is 5.98. The number of carboxylic acids is 1. The first kappa shape index (κ1) is 13.7. The van der Waals surface area contributed by atoms with E-state index in [1.54, 1.807) is 26.0 Å². The number of rotatable bonds is 4. The molecule has 104 valence electrons. The minimum Gasteiger partial charge on any atom is -0.478 e. The second kappa shape index (κ2) is 5.52. The Labute approximate surface area is 115 Å². The standard InChI is InChI=1S/C13H14N4O3/c1-8-5-10(3-4-11(8)13(19)20)16-12(18)9(2)17-7-14-6-15-17/h3-7,9H,1-2H3,(H,16,18)(H,19,20). The third kappa shape index (κ3) is 2.82. The molecule has 0 aliphatic heterocycles. The van der Waals surface area contributed by atoms with Crippen molar-refractivity contribution >= 4 is 17.6 Å². The van der Waals surface area contributed by atoms with Gasteiger partial charge in [0, 0.05) is 5.69 Å². The van der Waals surface area contributed by atoms with Crippen LogP contribution in [0.15, 0.2) is 30.9 Å². The van der Waals surface area contributed by atoms with Gasteiger partial charge < -0.3 is 10.4 Å². The Morgan fingerprint density at radius 1 is 1.40 bits per heavy atom. The molecule has 1 unspecified atom stereocenters. The Morgan fingerprint density at radius 2 is 2.15 bits per heavy atom. The summed E-state index contributed by atoms with van der Waals surface area (Å²) in [5.41, 5.74) is 1.35.